The summed E-state index contributed by atoms with van der Waals surface area (Å²) in [4.78, 5) is 55.3. The van der Waals surface area contributed by atoms with E-state index in [1.165, 1.54) is 12.5 Å². The number of aliphatic carboxylic acids is 1. The Morgan fingerprint density at radius 1 is 1.17 bits per heavy atom. The van der Waals surface area contributed by atoms with Crippen LogP contribution in [0.1, 0.15) is 18.5 Å². The van der Waals surface area contributed by atoms with Crippen LogP contribution in [-0.2, 0) is 25.6 Å². The number of hydrogen-bond acceptors (Lipinski definition) is 8. The van der Waals surface area contributed by atoms with Gasteiger partial charge in [-0.05, 0) is 19.4 Å². The maximum atomic E-state index is 12.8. The lowest BCUT2D eigenvalue weighted by Crippen LogP contribution is -2.58. The standard InChI is InChI=1S/C17H26N6O6S/c24-6-12(17(28)29)22-16(27)13(7-30)23-15(26)11(4-9-5-18-8-20-9)21-14(25)10-2-1-3-19-10/h5,8,10-13,19,24,30H,1-4,6-7H2,(H,18,20)(H,21,25)(H,22,27)(H,23,26)(H,28,29). The van der Waals surface area contributed by atoms with Crippen LogP contribution >= 0.6 is 12.6 Å². The number of carbonyl (C=O) groups excluding carboxylic acids is 3. The summed E-state index contributed by atoms with van der Waals surface area (Å²) in [5, 5.41) is 28.3. The molecule has 1 aliphatic heterocycles. The molecule has 0 aromatic carbocycles. The Hall–Kier alpha value is -2.64. The Balaban J connectivity index is 2.05. The fourth-order valence-electron chi connectivity index (χ4n) is 2.93. The lowest BCUT2D eigenvalue weighted by molar-refractivity contribution is -0.143. The number of amides is 3. The molecule has 2 rings (SSSR count). The summed E-state index contributed by atoms with van der Waals surface area (Å²) in [5.74, 6) is -3.32. The molecule has 4 unspecified atom stereocenters. The molecule has 7 N–H and O–H groups in total. The fraction of sp³-hybridized carbons (Fsp3) is 0.588. The summed E-state index contributed by atoms with van der Waals surface area (Å²) in [6, 6.07) is -4.07. The first-order chi connectivity index (χ1) is 14.3. The molecular formula is C17H26N6O6S. The quantitative estimate of drug-likeness (QED) is 0.168. The zero-order valence-corrected chi connectivity index (χ0v) is 17.0. The molecule has 3 amide bonds. The van der Waals surface area contributed by atoms with Crippen LogP contribution in [0.15, 0.2) is 12.5 Å². The summed E-state index contributed by atoms with van der Waals surface area (Å²) in [6.07, 6.45) is 4.58. The van der Waals surface area contributed by atoms with Crippen molar-refractivity contribution < 1.29 is 29.4 Å². The number of aliphatic hydroxyl groups is 1. The maximum Gasteiger partial charge on any atom is 0.328 e. The fourth-order valence-corrected chi connectivity index (χ4v) is 3.19. The van der Waals surface area contributed by atoms with Gasteiger partial charge in [-0.1, -0.05) is 0 Å². The minimum absolute atomic E-state index is 0.111. The van der Waals surface area contributed by atoms with Crippen molar-refractivity contribution in [1.82, 2.24) is 31.2 Å². The molecular weight excluding hydrogens is 416 g/mol. The molecule has 1 fully saturated rings. The van der Waals surface area contributed by atoms with Crippen LogP contribution in [0.4, 0.5) is 0 Å². The number of nitrogens with one attached hydrogen (secondary N) is 5. The Bertz CT molecular complexity index is 739. The molecule has 166 valence electrons. The van der Waals surface area contributed by atoms with Gasteiger partial charge >= 0.3 is 5.97 Å². The van der Waals surface area contributed by atoms with E-state index in [0.717, 1.165) is 6.42 Å². The Kier molecular flexibility index (Phi) is 9.08. The van der Waals surface area contributed by atoms with E-state index in [9.17, 15) is 19.2 Å². The highest BCUT2D eigenvalue weighted by atomic mass is 32.1. The van der Waals surface area contributed by atoms with E-state index in [0.29, 0.717) is 18.7 Å². The molecule has 13 heteroatoms. The van der Waals surface area contributed by atoms with Gasteiger partial charge in [-0.25, -0.2) is 9.78 Å². The number of aliphatic hydroxyl groups excluding tert-OH is 1. The number of aromatic nitrogens is 2. The third-order valence-electron chi connectivity index (χ3n) is 4.60. The highest BCUT2D eigenvalue weighted by molar-refractivity contribution is 7.80. The van der Waals surface area contributed by atoms with E-state index < -0.39 is 48.6 Å². The van der Waals surface area contributed by atoms with Gasteiger partial charge in [0.25, 0.3) is 0 Å². The van der Waals surface area contributed by atoms with Crippen molar-refractivity contribution in [2.45, 2.75) is 43.4 Å². The number of nitrogens with zero attached hydrogens (tertiary/aromatic N) is 1. The number of H-pyrrole nitrogens is 1. The lowest BCUT2D eigenvalue weighted by Gasteiger charge is -2.24. The summed E-state index contributed by atoms with van der Waals surface area (Å²) in [5.41, 5.74) is 0.605. The number of hydrogen-bond donors (Lipinski definition) is 8. The maximum absolute atomic E-state index is 12.8. The van der Waals surface area contributed by atoms with Gasteiger partial charge in [0.15, 0.2) is 0 Å². The van der Waals surface area contributed by atoms with Crippen LogP contribution in [-0.4, -0.2) is 86.9 Å². The highest BCUT2D eigenvalue weighted by Crippen LogP contribution is 2.07. The van der Waals surface area contributed by atoms with Crippen LogP contribution in [0.3, 0.4) is 0 Å². The number of aromatic amines is 1. The molecule has 0 bridgehead atoms. The summed E-state index contributed by atoms with van der Waals surface area (Å²) in [6.45, 7) is -0.0891. The van der Waals surface area contributed by atoms with E-state index in [2.05, 4.69) is 43.9 Å². The van der Waals surface area contributed by atoms with Gasteiger partial charge in [0.1, 0.15) is 18.1 Å². The average molecular weight is 442 g/mol. The number of imidazole rings is 1. The van der Waals surface area contributed by atoms with Gasteiger partial charge in [-0.2, -0.15) is 12.6 Å². The monoisotopic (exact) mass is 442 g/mol. The zero-order chi connectivity index (χ0) is 22.1. The normalized spacial score (nSPS) is 18.8. The topological polar surface area (TPSA) is 186 Å². The van der Waals surface area contributed by atoms with Gasteiger partial charge in [0.05, 0.1) is 19.0 Å². The predicted molar refractivity (Wildman–Crippen MR) is 108 cm³/mol. The van der Waals surface area contributed by atoms with E-state index in [4.69, 9.17) is 10.2 Å². The predicted octanol–water partition coefficient (Wildman–Crippen LogP) is -2.83. The first-order valence-corrected chi connectivity index (χ1v) is 10.0. The van der Waals surface area contributed by atoms with Gasteiger partial charge in [-0.3, -0.25) is 14.4 Å². The first-order valence-electron chi connectivity index (χ1n) is 9.42. The summed E-state index contributed by atoms with van der Waals surface area (Å²) in [7, 11) is 0. The van der Waals surface area contributed by atoms with E-state index in [-0.39, 0.29) is 18.1 Å². The lowest BCUT2D eigenvalue weighted by atomic mass is 10.1. The number of rotatable bonds is 11. The SMILES string of the molecule is O=C(O)C(CO)NC(=O)C(CS)NC(=O)C(Cc1cnc[nH]1)NC(=O)C1CCCN1. The number of carbonyl (C=O) groups is 4. The molecule has 30 heavy (non-hydrogen) atoms. The number of carboxylic acids is 1. The van der Waals surface area contributed by atoms with Crippen LogP contribution in [0.2, 0.25) is 0 Å². The molecule has 4 atom stereocenters. The van der Waals surface area contributed by atoms with Crippen LogP contribution in [0, 0.1) is 0 Å². The summed E-state index contributed by atoms with van der Waals surface area (Å²) >= 11 is 4.03. The van der Waals surface area contributed by atoms with Crippen molar-refractivity contribution in [3.63, 3.8) is 0 Å². The largest absolute Gasteiger partial charge is 0.480 e. The molecule has 2 heterocycles. The van der Waals surface area contributed by atoms with Gasteiger partial charge < -0.3 is 36.5 Å². The third kappa shape index (κ3) is 6.71. The second kappa shape index (κ2) is 11.5. The van der Waals surface area contributed by atoms with Crippen LogP contribution in [0.5, 0.6) is 0 Å². The van der Waals surface area contributed by atoms with Gasteiger partial charge in [-0.15, -0.1) is 0 Å². The number of thiol groups is 1. The Morgan fingerprint density at radius 2 is 1.87 bits per heavy atom. The third-order valence-corrected chi connectivity index (χ3v) is 4.97. The molecule has 0 spiro atoms. The molecule has 1 aromatic heterocycles. The Labute approximate surface area is 178 Å². The van der Waals surface area contributed by atoms with Gasteiger partial charge in [0.2, 0.25) is 17.7 Å². The second-order valence-electron chi connectivity index (χ2n) is 6.82. The minimum Gasteiger partial charge on any atom is -0.480 e. The van der Waals surface area contributed by atoms with E-state index in [1.54, 1.807) is 0 Å². The molecule has 0 saturated carbocycles. The molecule has 0 radical (unpaired) electrons. The van der Waals surface area contributed by atoms with Gasteiger partial charge in [0, 0.05) is 24.1 Å². The zero-order valence-electron chi connectivity index (χ0n) is 16.1. The van der Waals surface area contributed by atoms with Crippen LogP contribution < -0.4 is 21.3 Å². The Morgan fingerprint density at radius 3 is 2.40 bits per heavy atom. The first kappa shape index (κ1) is 23.6. The molecule has 1 aromatic rings. The highest BCUT2D eigenvalue weighted by Gasteiger charge is 2.31. The molecule has 1 saturated heterocycles. The van der Waals surface area contributed by atoms with Crippen molar-refractivity contribution in [3.05, 3.63) is 18.2 Å². The van der Waals surface area contributed by atoms with Crippen molar-refractivity contribution >= 4 is 36.3 Å². The smallest absolute Gasteiger partial charge is 0.328 e. The molecule has 0 aliphatic carbocycles. The van der Waals surface area contributed by atoms with E-state index >= 15 is 0 Å². The summed E-state index contributed by atoms with van der Waals surface area (Å²) < 4.78 is 0. The second-order valence-corrected chi connectivity index (χ2v) is 7.18. The average Bonchev–Trinajstić information content (AvgIpc) is 3.43. The molecule has 12 nitrogen and oxygen atoms in total. The number of carboxylic acid groups (broad SMARTS) is 1. The molecule has 1 aliphatic rings. The van der Waals surface area contributed by atoms with Crippen molar-refractivity contribution in [2.24, 2.45) is 0 Å². The minimum atomic E-state index is -1.51. The van der Waals surface area contributed by atoms with Crippen molar-refractivity contribution in [1.29, 1.82) is 0 Å². The van der Waals surface area contributed by atoms with Crippen molar-refractivity contribution in [3.8, 4) is 0 Å². The van der Waals surface area contributed by atoms with E-state index in [1.807, 2.05) is 0 Å². The van der Waals surface area contributed by atoms with Crippen LogP contribution in [0.25, 0.3) is 0 Å². The van der Waals surface area contributed by atoms with Crippen molar-refractivity contribution in [2.75, 3.05) is 18.9 Å².